The predicted octanol–water partition coefficient (Wildman–Crippen LogP) is 5.83. The van der Waals surface area contributed by atoms with Gasteiger partial charge in [0.25, 0.3) is 5.91 Å². The maximum atomic E-state index is 15.2. The van der Waals surface area contributed by atoms with E-state index in [4.69, 9.17) is 9.47 Å². The average Bonchev–Trinajstić information content (AvgIpc) is 3.85. The Kier molecular flexibility index (Phi) is 10.8. The minimum absolute atomic E-state index is 0.107. The number of hydrogen-bond acceptors (Lipinski definition) is 7. The van der Waals surface area contributed by atoms with Crippen LogP contribution in [0.25, 0.3) is 10.8 Å². The maximum Gasteiger partial charge on any atom is 0.306 e. The average molecular weight is 728 g/mol. The predicted molar refractivity (Wildman–Crippen MR) is 205 cm³/mol. The Bertz CT molecular complexity index is 2040. The molecule has 1 spiro atoms. The number of allylic oxidation sites excluding steroid dienone is 1. The van der Waals surface area contributed by atoms with Gasteiger partial charge in [0.2, 0.25) is 11.8 Å². The smallest absolute Gasteiger partial charge is 0.306 e. The van der Waals surface area contributed by atoms with Gasteiger partial charge >= 0.3 is 5.97 Å². The first kappa shape index (κ1) is 36.8. The lowest BCUT2D eigenvalue weighted by Crippen LogP contribution is -2.57. The van der Waals surface area contributed by atoms with Crippen LogP contribution in [-0.4, -0.2) is 71.2 Å². The summed E-state index contributed by atoms with van der Waals surface area (Å²) in [6.45, 7) is 7.19. The lowest BCUT2D eigenvalue weighted by Gasteiger charge is -2.39. The number of aliphatic hydroxyl groups is 1. The number of rotatable bonds is 15. The fraction of sp³-hybridized carbons (Fsp3) is 0.318. The van der Waals surface area contributed by atoms with Crippen LogP contribution in [0, 0.1) is 11.8 Å². The van der Waals surface area contributed by atoms with E-state index in [1.165, 1.54) is 4.90 Å². The van der Waals surface area contributed by atoms with Crippen molar-refractivity contribution in [1.82, 2.24) is 10.2 Å². The topological polar surface area (TPSA) is 125 Å². The molecule has 3 aliphatic rings. The van der Waals surface area contributed by atoms with Crippen LogP contribution in [0.4, 0.5) is 5.69 Å². The molecule has 0 aliphatic carbocycles. The standard InChI is InChI=1S/C44H45N3O7/c1-3-5-20-37(49)53-28-34(30-15-8-6-9-16-30)45-41(50)38-36-23-24-44(54-36)39(38)42(51)47(35(27-48)31-17-10-7-11-18-31)40(44)43(52)46(25-4-2)33-22-21-29-14-12-13-19-32(29)26-33/h3-4,6-19,21-22,26,34-36,38-40,48H,1-2,5,20,23-25,27-28H2,(H,45,50)/t34-,35+,36-,38+,39+,40-,44+/m0/s1. The number of nitrogens with one attached hydrogen (secondary N) is 1. The van der Waals surface area contributed by atoms with Crippen molar-refractivity contribution in [2.45, 2.75) is 55.5 Å². The molecule has 3 heterocycles. The van der Waals surface area contributed by atoms with E-state index in [1.807, 2.05) is 103 Å². The first-order valence-electron chi connectivity index (χ1n) is 18.5. The molecule has 3 fully saturated rings. The minimum Gasteiger partial charge on any atom is -0.463 e. The van der Waals surface area contributed by atoms with Crippen molar-refractivity contribution in [1.29, 1.82) is 0 Å². The van der Waals surface area contributed by atoms with Gasteiger partial charge < -0.3 is 29.7 Å². The van der Waals surface area contributed by atoms with Gasteiger partial charge in [-0.15, -0.1) is 13.2 Å². The summed E-state index contributed by atoms with van der Waals surface area (Å²) in [6, 6.07) is 29.2. The lowest BCUT2D eigenvalue weighted by atomic mass is 9.70. The van der Waals surface area contributed by atoms with Crippen LogP contribution in [-0.2, 0) is 28.7 Å². The second-order valence-electron chi connectivity index (χ2n) is 14.2. The maximum absolute atomic E-state index is 15.2. The highest BCUT2D eigenvalue weighted by atomic mass is 16.5. The molecule has 0 saturated carbocycles. The summed E-state index contributed by atoms with van der Waals surface area (Å²) in [7, 11) is 0. The third-order valence-electron chi connectivity index (χ3n) is 11.1. The van der Waals surface area contributed by atoms with Gasteiger partial charge in [-0.1, -0.05) is 103 Å². The molecule has 0 radical (unpaired) electrons. The molecule has 10 nitrogen and oxygen atoms in total. The number of ether oxygens (including phenoxy) is 2. The summed E-state index contributed by atoms with van der Waals surface area (Å²) >= 11 is 0. The van der Waals surface area contributed by atoms with Crippen LogP contribution in [0.1, 0.15) is 48.9 Å². The van der Waals surface area contributed by atoms with E-state index in [0.29, 0.717) is 30.5 Å². The molecule has 10 heteroatoms. The van der Waals surface area contributed by atoms with Crippen molar-refractivity contribution >= 4 is 40.2 Å². The van der Waals surface area contributed by atoms with Gasteiger partial charge in [-0.25, -0.2) is 0 Å². The number of fused-ring (bicyclic) bond motifs is 2. The van der Waals surface area contributed by atoms with Crippen molar-refractivity contribution in [2.24, 2.45) is 11.8 Å². The second-order valence-corrected chi connectivity index (χ2v) is 14.2. The number of hydrogen-bond donors (Lipinski definition) is 2. The van der Waals surface area contributed by atoms with E-state index >= 15 is 9.59 Å². The molecule has 0 aromatic heterocycles. The largest absolute Gasteiger partial charge is 0.463 e. The summed E-state index contributed by atoms with van der Waals surface area (Å²) < 4.78 is 12.4. The van der Waals surface area contributed by atoms with Crippen LogP contribution in [0.5, 0.6) is 0 Å². The molecule has 3 amide bonds. The van der Waals surface area contributed by atoms with Crippen LogP contribution in [0.3, 0.4) is 0 Å². The second kappa shape index (κ2) is 15.8. The zero-order valence-electron chi connectivity index (χ0n) is 30.1. The monoisotopic (exact) mass is 727 g/mol. The first-order chi connectivity index (χ1) is 26.3. The highest BCUT2D eigenvalue weighted by Gasteiger charge is 2.75. The quantitative estimate of drug-likeness (QED) is 0.117. The molecule has 278 valence electrons. The summed E-state index contributed by atoms with van der Waals surface area (Å²) in [4.78, 5) is 60.3. The molecule has 3 saturated heterocycles. The Morgan fingerprint density at radius 2 is 1.63 bits per heavy atom. The normalized spacial score (nSPS) is 23.7. The molecule has 0 unspecified atom stereocenters. The molecule has 7 rings (SSSR count). The number of carbonyl (C=O) groups excluding carboxylic acids is 4. The molecule has 4 aromatic carbocycles. The number of carbonyl (C=O) groups is 4. The highest BCUT2D eigenvalue weighted by Crippen LogP contribution is 2.60. The third-order valence-corrected chi connectivity index (χ3v) is 11.1. The summed E-state index contributed by atoms with van der Waals surface area (Å²) in [5, 5.41) is 16.0. The number of nitrogens with zero attached hydrogens (tertiary/aromatic N) is 2. The fourth-order valence-electron chi connectivity index (χ4n) is 8.62. The molecule has 7 atom stereocenters. The zero-order chi connectivity index (χ0) is 37.8. The van der Waals surface area contributed by atoms with Gasteiger partial charge in [0.15, 0.2) is 0 Å². The number of likely N-dealkylation sites (tertiary alicyclic amines) is 1. The Morgan fingerprint density at radius 3 is 2.31 bits per heavy atom. The van der Waals surface area contributed by atoms with E-state index in [9.17, 15) is 14.7 Å². The SMILES string of the molecule is C=CCCC(=O)OC[C@H](NC(=O)[C@@H]1[C@@H]2CC[C@]3(O2)[C@H](C(=O)N(CC=C)c2ccc4ccccc4c2)N([C@H](CO)c2ccccc2)C(=O)[C@@H]13)c1ccccc1. The number of esters is 1. The van der Waals surface area contributed by atoms with Crippen molar-refractivity contribution in [2.75, 3.05) is 24.7 Å². The summed E-state index contributed by atoms with van der Waals surface area (Å²) in [5.41, 5.74) is 0.676. The number of aliphatic hydroxyl groups excluding tert-OH is 1. The van der Waals surface area contributed by atoms with E-state index in [0.717, 1.165) is 16.3 Å². The number of anilines is 1. The summed E-state index contributed by atoms with van der Waals surface area (Å²) in [6.07, 6.45) is 4.12. The van der Waals surface area contributed by atoms with Crippen molar-refractivity contribution < 1.29 is 33.8 Å². The van der Waals surface area contributed by atoms with Crippen LogP contribution in [0.15, 0.2) is 128 Å². The molecular weight excluding hydrogens is 682 g/mol. The van der Waals surface area contributed by atoms with Gasteiger partial charge in [0, 0.05) is 18.7 Å². The Balaban J connectivity index is 1.26. The van der Waals surface area contributed by atoms with E-state index < -0.39 is 66.1 Å². The van der Waals surface area contributed by atoms with Gasteiger partial charge in [-0.3, -0.25) is 19.2 Å². The molecule has 4 aromatic rings. The molecular formula is C44H45N3O7. The van der Waals surface area contributed by atoms with Crippen LogP contribution >= 0.6 is 0 Å². The lowest BCUT2D eigenvalue weighted by molar-refractivity contribution is -0.146. The zero-order valence-corrected chi connectivity index (χ0v) is 30.1. The molecule has 3 aliphatic heterocycles. The van der Waals surface area contributed by atoms with Gasteiger partial charge in [-0.2, -0.15) is 0 Å². The molecule has 54 heavy (non-hydrogen) atoms. The minimum atomic E-state index is -1.33. The van der Waals surface area contributed by atoms with Gasteiger partial charge in [0.05, 0.1) is 36.6 Å². The Hall–Kier alpha value is -5.58. The van der Waals surface area contributed by atoms with E-state index in [-0.39, 0.29) is 25.5 Å². The highest BCUT2D eigenvalue weighted by molar-refractivity contribution is 6.06. The van der Waals surface area contributed by atoms with E-state index in [1.54, 1.807) is 17.1 Å². The third kappa shape index (κ3) is 6.71. The Morgan fingerprint density at radius 1 is 0.944 bits per heavy atom. The molecule has 2 bridgehead atoms. The van der Waals surface area contributed by atoms with Crippen molar-refractivity contribution in [3.05, 3.63) is 140 Å². The van der Waals surface area contributed by atoms with Crippen LogP contribution < -0.4 is 10.2 Å². The first-order valence-corrected chi connectivity index (χ1v) is 18.5. The number of benzene rings is 4. The van der Waals surface area contributed by atoms with Crippen molar-refractivity contribution in [3.8, 4) is 0 Å². The van der Waals surface area contributed by atoms with Crippen LogP contribution in [0.2, 0.25) is 0 Å². The van der Waals surface area contributed by atoms with Gasteiger partial charge in [0.1, 0.15) is 18.2 Å². The summed E-state index contributed by atoms with van der Waals surface area (Å²) in [5.74, 6) is -3.59. The fourth-order valence-corrected chi connectivity index (χ4v) is 8.62. The van der Waals surface area contributed by atoms with Crippen molar-refractivity contribution in [3.63, 3.8) is 0 Å². The Labute approximate surface area is 315 Å². The van der Waals surface area contributed by atoms with Gasteiger partial charge in [-0.05, 0) is 53.3 Å². The molecule has 2 N–H and O–H groups in total. The van der Waals surface area contributed by atoms with E-state index in [2.05, 4.69) is 18.5 Å². The number of amides is 3.